The quantitative estimate of drug-likeness (QED) is 0.729. The van der Waals surface area contributed by atoms with Crippen LogP contribution in [0.3, 0.4) is 0 Å². The van der Waals surface area contributed by atoms with E-state index in [1.54, 1.807) is 17.9 Å². The molecule has 0 bridgehead atoms. The summed E-state index contributed by atoms with van der Waals surface area (Å²) < 4.78 is 26.4. The second-order valence-corrected chi connectivity index (χ2v) is 9.03. The van der Waals surface area contributed by atoms with Crippen molar-refractivity contribution in [2.75, 3.05) is 23.3 Å². The number of hydrogen-bond acceptors (Lipinski definition) is 4. The Kier molecular flexibility index (Phi) is 6.26. The molecule has 154 valence electrons. The van der Waals surface area contributed by atoms with Gasteiger partial charge >= 0.3 is 0 Å². The van der Waals surface area contributed by atoms with E-state index in [-0.39, 0.29) is 29.7 Å². The van der Waals surface area contributed by atoms with E-state index in [2.05, 4.69) is 10.0 Å². The number of carbonyl (C=O) groups is 2. The molecule has 29 heavy (non-hydrogen) atoms. The van der Waals surface area contributed by atoms with Gasteiger partial charge in [0.2, 0.25) is 21.8 Å². The van der Waals surface area contributed by atoms with Crippen molar-refractivity contribution in [2.45, 2.75) is 25.2 Å². The summed E-state index contributed by atoms with van der Waals surface area (Å²) in [6.45, 7) is 4.13. The first-order valence-electron chi connectivity index (χ1n) is 9.18. The Morgan fingerprint density at radius 2 is 1.90 bits per heavy atom. The smallest absolute Gasteiger partial charge is 0.240 e. The molecule has 1 saturated heterocycles. The number of hydrogen-bond donors (Lipinski definition) is 2. The number of aryl methyl sites for hydroxylation is 1. The second-order valence-electron chi connectivity index (χ2n) is 6.85. The van der Waals surface area contributed by atoms with E-state index in [9.17, 15) is 18.0 Å². The van der Waals surface area contributed by atoms with E-state index in [1.807, 2.05) is 19.1 Å². The van der Waals surface area contributed by atoms with Crippen LogP contribution in [0.15, 0.2) is 47.4 Å². The van der Waals surface area contributed by atoms with Crippen molar-refractivity contribution in [3.05, 3.63) is 53.1 Å². The number of sulfonamides is 1. The highest BCUT2D eigenvalue weighted by molar-refractivity contribution is 7.89. The Balaban J connectivity index is 1.67. The van der Waals surface area contributed by atoms with Gasteiger partial charge in [0.1, 0.15) is 0 Å². The van der Waals surface area contributed by atoms with Crippen LogP contribution in [0.5, 0.6) is 0 Å². The molecule has 3 rings (SSSR count). The summed E-state index contributed by atoms with van der Waals surface area (Å²) in [6.07, 6.45) is 0.101. The van der Waals surface area contributed by atoms with Crippen molar-refractivity contribution in [3.63, 3.8) is 0 Å². The fourth-order valence-electron chi connectivity index (χ4n) is 3.12. The van der Waals surface area contributed by atoms with Crippen LogP contribution in [-0.4, -0.2) is 33.3 Å². The number of amides is 2. The topological polar surface area (TPSA) is 95.6 Å². The summed E-state index contributed by atoms with van der Waals surface area (Å²) >= 11 is 6.15. The monoisotopic (exact) mass is 435 g/mol. The average molecular weight is 436 g/mol. The van der Waals surface area contributed by atoms with Crippen molar-refractivity contribution in [1.82, 2.24) is 4.72 Å². The largest absolute Gasteiger partial charge is 0.326 e. The zero-order chi connectivity index (χ0) is 21.2. The molecule has 1 fully saturated rings. The Bertz CT molecular complexity index is 1040. The number of nitrogens with one attached hydrogen (secondary N) is 2. The van der Waals surface area contributed by atoms with Crippen LogP contribution in [0.1, 0.15) is 18.9 Å². The first-order valence-corrected chi connectivity index (χ1v) is 11.0. The number of benzene rings is 2. The molecular weight excluding hydrogens is 414 g/mol. The molecule has 0 aromatic heterocycles. The minimum absolute atomic E-state index is 0.101. The number of halogens is 1. The lowest BCUT2D eigenvalue weighted by Gasteiger charge is -2.17. The van der Waals surface area contributed by atoms with Gasteiger partial charge in [-0.2, -0.15) is 0 Å². The SMILES string of the molecule is CCNS(=O)(=O)c1ccc(NC(=O)C2CC(=O)N(c3ccc(C)c(Cl)c3)C2)cc1. The molecule has 2 aromatic carbocycles. The fraction of sp³-hybridized carbons (Fsp3) is 0.300. The van der Waals surface area contributed by atoms with Crippen LogP contribution in [0.25, 0.3) is 0 Å². The Labute approximate surface area is 175 Å². The van der Waals surface area contributed by atoms with Crippen molar-refractivity contribution in [1.29, 1.82) is 0 Å². The van der Waals surface area contributed by atoms with E-state index < -0.39 is 15.9 Å². The summed E-state index contributed by atoms with van der Waals surface area (Å²) in [6, 6.07) is 11.3. The minimum Gasteiger partial charge on any atom is -0.326 e. The maximum absolute atomic E-state index is 12.6. The average Bonchev–Trinajstić information content (AvgIpc) is 3.06. The summed E-state index contributed by atoms with van der Waals surface area (Å²) in [5.74, 6) is -0.939. The van der Waals surface area contributed by atoms with E-state index in [0.717, 1.165) is 5.56 Å². The first-order chi connectivity index (χ1) is 13.7. The van der Waals surface area contributed by atoms with Crippen LogP contribution < -0.4 is 14.9 Å². The molecule has 1 heterocycles. The van der Waals surface area contributed by atoms with Crippen LogP contribution in [0.2, 0.25) is 5.02 Å². The zero-order valence-corrected chi connectivity index (χ0v) is 17.7. The molecule has 0 saturated carbocycles. The molecule has 0 aliphatic carbocycles. The molecule has 1 aliphatic rings. The van der Waals surface area contributed by atoms with Gasteiger partial charge in [0.15, 0.2) is 0 Å². The highest BCUT2D eigenvalue weighted by Crippen LogP contribution is 2.29. The molecule has 2 amide bonds. The molecule has 9 heteroatoms. The Morgan fingerprint density at radius 1 is 1.21 bits per heavy atom. The van der Waals surface area contributed by atoms with Crippen molar-refractivity contribution >= 4 is 44.8 Å². The lowest BCUT2D eigenvalue weighted by Crippen LogP contribution is -2.28. The van der Waals surface area contributed by atoms with Gasteiger partial charge in [-0.1, -0.05) is 24.6 Å². The van der Waals surface area contributed by atoms with E-state index >= 15 is 0 Å². The maximum atomic E-state index is 12.6. The van der Waals surface area contributed by atoms with E-state index in [0.29, 0.717) is 22.9 Å². The van der Waals surface area contributed by atoms with Crippen LogP contribution in [0.4, 0.5) is 11.4 Å². The summed E-state index contributed by atoms with van der Waals surface area (Å²) in [4.78, 5) is 26.7. The molecule has 2 N–H and O–H groups in total. The van der Waals surface area contributed by atoms with Crippen molar-refractivity contribution < 1.29 is 18.0 Å². The van der Waals surface area contributed by atoms with Crippen molar-refractivity contribution in [3.8, 4) is 0 Å². The molecule has 7 nitrogen and oxygen atoms in total. The highest BCUT2D eigenvalue weighted by atomic mass is 35.5. The number of carbonyl (C=O) groups excluding carboxylic acids is 2. The normalized spacial score (nSPS) is 16.9. The molecular formula is C20H22ClN3O4S. The van der Waals surface area contributed by atoms with Crippen LogP contribution in [0, 0.1) is 12.8 Å². The van der Waals surface area contributed by atoms with Gasteiger partial charge in [-0.15, -0.1) is 0 Å². The fourth-order valence-corrected chi connectivity index (χ4v) is 4.33. The molecule has 1 unspecified atom stereocenters. The second kappa shape index (κ2) is 8.52. The summed E-state index contributed by atoms with van der Waals surface area (Å²) in [5, 5.41) is 3.31. The van der Waals surface area contributed by atoms with Gasteiger partial charge in [-0.25, -0.2) is 13.1 Å². The number of nitrogens with zero attached hydrogens (tertiary/aromatic N) is 1. The lowest BCUT2D eigenvalue weighted by molar-refractivity contribution is -0.122. The Hall–Kier alpha value is -2.42. The number of rotatable bonds is 6. The summed E-state index contributed by atoms with van der Waals surface area (Å²) in [7, 11) is -3.55. The Morgan fingerprint density at radius 3 is 2.52 bits per heavy atom. The molecule has 1 atom stereocenters. The maximum Gasteiger partial charge on any atom is 0.240 e. The van der Waals surface area contributed by atoms with Gasteiger partial charge in [0.05, 0.1) is 10.8 Å². The zero-order valence-electron chi connectivity index (χ0n) is 16.1. The predicted octanol–water partition coefficient (Wildman–Crippen LogP) is 2.94. The number of anilines is 2. The van der Waals surface area contributed by atoms with E-state index in [4.69, 9.17) is 11.6 Å². The van der Waals surface area contributed by atoms with Gasteiger partial charge < -0.3 is 10.2 Å². The standard InChI is InChI=1S/C20H22ClN3O4S/c1-3-22-29(27,28)17-8-5-15(6-9-17)23-20(26)14-10-19(25)24(12-14)16-7-4-13(2)18(21)11-16/h4-9,11,14,22H,3,10,12H2,1-2H3,(H,23,26). The van der Waals surface area contributed by atoms with Gasteiger partial charge in [0.25, 0.3) is 0 Å². The summed E-state index contributed by atoms with van der Waals surface area (Å²) in [5.41, 5.74) is 2.05. The third kappa shape index (κ3) is 4.77. The molecule has 0 radical (unpaired) electrons. The van der Waals surface area contributed by atoms with E-state index in [1.165, 1.54) is 24.3 Å². The van der Waals surface area contributed by atoms with Gasteiger partial charge in [0, 0.05) is 35.9 Å². The first kappa shape index (κ1) is 21.3. The molecule has 0 spiro atoms. The molecule has 1 aliphatic heterocycles. The third-order valence-corrected chi connectivity index (χ3v) is 6.70. The molecule has 2 aromatic rings. The third-order valence-electron chi connectivity index (χ3n) is 4.73. The van der Waals surface area contributed by atoms with Crippen LogP contribution >= 0.6 is 11.6 Å². The predicted molar refractivity (Wildman–Crippen MR) is 113 cm³/mol. The van der Waals surface area contributed by atoms with Gasteiger partial charge in [-0.3, -0.25) is 9.59 Å². The minimum atomic E-state index is -3.55. The van der Waals surface area contributed by atoms with Crippen molar-refractivity contribution in [2.24, 2.45) is 5.92 Å². The van der Waals surface area contributed by atoms with Crippen LogP contribution in [-0.2, 0) is 19.6 Å². The highest BCUT2D eigenvalue weighted by Gasteiger charge is 2.35. The lowest BCUT2D eigenvalue weighted by atomic mass is 10.1. The van der Waals surface area contributed by atoms with Gasteiger partial charge in [-0.05, 0) is 48.9 Å².